The standard InChI is InChI=1S/C36H51N3O5/c1-4-5-6-7-8-9-10-11-12-13-14-15-16-17-18-21-26-37-32-23-20-19-22-31(32)35(2,3)36(37)25-24-29-27-30(38(40)41)28-33(39(42)43)34(29)44-36/h19-20,22-25,27-28H,4-18,21,26H2,1-3H3/t36-/m1/s1. The third-order valence-electron chi connectivity index (χ3n) is 9.64. The van der Waals surface area contributed by atoms with Gasteiger partial charge >= 0.3 is 5.69 Å². The van der Waals surface area contributed by atoms with Crippen molar-refractivity contribution in [3.05, 3.63) is 73.8 Å². The zero-order valence-electron chi connectivity index (χ0n) is 27.0. The average molecular weight is 606 g/mol. The van der Waals surface area contributed by atoms with Crippen LogP contribution in [0.2, 0.25) is 0 Å². The summed E-state index contributed by atoms with van der Waals surface area (Å²) in [6.45, 7) is 7.23. The van der Waals surface area contributed by atoms with Crippen molar-refractivity contribution in [2.24, 2.45) is 0 Å². The Morgan fingerprint density at radius 1 is 0.750 bits per heavy atom. The van der Waals surface area contributed by atoms with Crippen molar-refractivity contribution in [1.29, 1.82) is 0 Å². The first-order chi connectivity index (χ1) is 21.2. The molecular formula is C36H51N3O5. The van der Waals surface area contributed by atoms with Crippen LogP contribution in [0, 0.1) is 20.2 Å². The number of unbranched alkanes of at least 4 members (excludes halogenated alkanes) is 15. The van der Waals surface area contributed by atoms with Gasteiger partial charge in [0.1, 0.15) is 0 Å². The second-order valence-corrected chi connectivity index (χ2v) is 13.1. The number of nitro groups is 2. The Bertz CT molecular complexity index is 1310. The third-order valence-corrected chi connectivity index (χ3v) is 9.64. The molecule has 0 aliphatic carbocycles. The van der Waals surface area contributed by atoms with Gasteiger partial charge in [0, 0.05) is 23.9 Å². The molecule has 1 spiro atoms. The number of para-hydroxylation sites is 1. The van der Waals surface area contributed by atoms with E-state index in [0.717, 1.165) is 36.7 Å². The molecule has 0 N–H and O–H groups in total. The lowest BCUT2D eigenvalue weighted by Gasteiger charge is -2.47. The van der Waals surface area contributed by atoms with Crippen LogP contribution in [0.1, 0.15) is 135 Å². The molecule has 0 radical (unpaired) electrons. The average Bonchev–Trinajstić information content (AvgIpc) is 3.18. The topological polar surface area (TPSA) is 98.8 Å². The molecule has 44 heavy (non-hydrogen) atoms. The molecule has 8 heteroatoms. The van der Waals surface area contributed by atoms with Crippen LogP contribution in [0.25, 0.3) is 6.08 Å². The Hall–Kier alpha value is -3.42. The molecule has 0 unspecified atom stereocenters. The molecule has 1 atom stereocenters. The van der Waals surface area contributed by atoms with E-state index in [9.17, 15) is 20.2 Å². The number of rotatable bonds is 19. The molecule has 2 aromatic carbocycles. The minimum Gasteiger partial charge on any atom is -0.456 e. The molecule has 0 fully saturated rings. The van der Waals surface area contributed by atoms with E-state index in [1.54, 1.807) is 6.08 Å². The Labute approximate surface area is 263 Å². The van der Waals surface area contributed by atoms with E-state index < -0.39 is 21.0 Å². The Balaban J connectivity index is 1.30. The highest BCUT2D eigenvalue weighted by atomic mass is 16.6. The zero-order valence-corrected chi connectivity index (χ0v) is 27.0. The SMILES string of the molecule is CCCCCCCCCCCCCCCCCCN1c2ccccc2C(C)(C)[C@]12C=Cc1cc([N+](=O)[O-])cc([N+](=O)[O-])c1O2. The van der Waals surface area contributed by atoms with Crippen LogP contribution in [0.4, 0.5) is 17.1 Å². The molecule has 2 aliphatic heterocycles. The minimum absolute atomic E-state index is 0.0842. The number of hydrogen-bond donors (Lipinski definition) is 0. The predicted molar refractivity (Wildman–Crippen MR) is 179 cm³/mol. The van der Waals surface area contributed by atoms with Crippen LogP contribution in [-0.2, 0) is 5.41 Å². The van der Waals surface area contributed by atoms with Gasteiger partial charge in [0.05, 0.1) is 21.3 Å². The Morgan fingerprint density at radius 3 is 1.84 bits per heavy atom. The first-order valence-corrected chi connectivity index (χ1v) is 16.9. The van der Waals surface area contributed by atoms with Crippen LogP contribution in [0.15, 0.2) is 42.5 Å². The van der Waals surface area contributed by atoms with Gasteiger partial charge in [0.25, 0.3) is 5.69 Å². The highest BCUT2D eigenvalue weighted by molar-refractivity contribution is 5.76. The van der Waals surface area contributed by atoms with Gasteiger partial charge in [-0.25, -0.2) is 0 Å². The maximum atomic E-state index is 12.0. The molecule has 8 nitrogen and oxygen atoms in total. The summed E-state index contributed by atoms with van der Waals surface area (Å²) in [5.41, 5.74) is 0.323. The lowest BCUT2D eigenvalue weighted by molar-refractivity contribution is -0.395. The fourth-order valence-electron chi connectivity index (χ4n) is 7.02. The Kier molecular flexibility index (Phi) is 11.8. The second kappa shape index (κ2) is 15.5. The highest BCUT2D eigenvalue weighted by Gasteiger charge is 2.59. The highest BCUT2D eigenvalue weighted by Crippen LogP contribution is 2.56. The largest absolute Gasteiger partial charge is 0.456 e. The molecule has 2 aromatic rings. The summed E-state index contributed by atoms with van der Waals surface area (Å²) in [4.78, 5) is 24.5. The summed E-state index contributed by atoms with van der Waals surface area (Å²) < 4.78 is 6.67. The lowest BCUT2D eigenvalue weighted by atomic mass is 9.76. The molecular weight excluding hydrogens is 554 g/mol. The molecule has 2 heterocycles. The number of ether oxygens (including phenoxy) is 1. The normalized spacial score (nSPS) is 17.8. The zero-order chi connectivity index (χ0) is 31.6. The fraction of sp³-hybridized carbons (Fsp3) is 0.611. The first kappa shape index (κ1) is 33.5. The number of non-ortho nitro benzene ring substituents is 1. The number of anilines is 1. The summed E-state index contributed by atoms with van der Waals surface area (Å²) in [5, 5.41) is 23.5. The van der Waals surface area contributed by atoms with E-state index in [-0.39, 0.29) is 17.1 Å². The van der Waals surface area contributed by atoms with Gasteiger partial charge in [-0.15, -0.1) is 0 Å². The van der Waals surface area contributed by atoms with Crippen LogP contribution in [0.5, 0.6) is 5.75 Å². The smallest absolute Gasteiger partial charge is 0.318 e. The van der Waals surface area contributed by atoms with Crippen molar-refractivity contribution in [3.8, 4) is 5.75 Å². The molecule has 4 rings (SSSR count). The Morgan fingerprint density at radius 2 is 1.30 bits per heavy atom. The molecule has 240 valence electrons. The summed E-state index contributed by atoms with van der Waals surface area (Å²) in [6, 6.07) is 10.6. The minimum atomic E-state index is -0.986. The molecule has 0 aromatic heterocycles. The van der Waals surface area contributed by atoms with E-state index in [1.807, 2.05) is 18.2 Å². The van der Waals surface area contributed by atoms with Crippen molar-refractivity contribution in [1.82, 2.24) is 0 Å². The first-order valence-electron chi connectivity index (χ1n) is 16.9. The van der Waals surface area contributed by atoms with Crippen molar-refractivity contribution < 1.29 is 14.6 Å². The maximum Gasteiger partial charge on any atom is 0.318 e. The molecule has 0 bridgehead atoms. The van der Waals surface area contributed by atoms with Gasteiger partial charge < -0.3 is 9.64 Å². The number of nitrogens with zero attached hydrogens (tertiary/aromatic N) is 3. The summed E-state index contributed by atoms with van der Waals surface area (Å²) in [5.74, 6) is 0.0842. The van der Waals surface area contributed by atoms with Crippen molar-refractivity contribution in [2.75, 3.05) is 11.4 Å². The number of nitro benzene ring substituents is 2. The van der Waals surface area contributed by atoms with Gasteiger partial charge in [0.2, 0.25) is 11.5 Å². The van der Waals surface area contributed by atoms with Crippen molar-refractivity contribution in [2.45, 2.75) is 135 Å². The summed E-state index contributed by atoms with van der Waals surface area (Å²) in [7, 11) is 0. The monoisotopic (exact) mass is 605 g/mol. The summed E-state index contributed by atoms with van der Waals surface area (Å²) in [6.07, 6.45) is 24.6. The van der Waals surface area contributed by atoms with E-state index in [2.05, 4.69) is 37.8 Å². The predicted octanol–water partition coefficient (Wildman–Crippen LogP) is 10.7. The molecule has 0 saturated heterocycles. The van der Waals surface area contributed by atoms with Crippen LogP contribution in [-0.4, -0.2) is 22.1 Å². The van der Waals surface area contributed by atoms with E-state index in [0.29, 0.717) is 5.56 Å². The van der Waals surface area contributed by atoms with E-state index in [1.165, 1.54) is 96.0 Å². The van der Waals surface area contributed by atoms with Crippen molar-refractivity contribution >= 4 is 23.1 Å². The van der Waals surface area contributed by atoms with Crippen LogP contribution in [0.3, 0.4) is 0 Å². The molecule has 2 aliphatic rings. The van der Waals surface area contributed by atoms with Gasteiger partial charge in [0.15, 0.2) is 0 Å². The van der Waals surface area contributed by atoms with E-state index in [4.69, 9.17) is 4.74 Å². The fourth-order valence-corrected chi connectivity index (χ4v) is 7.02. The van der Waals surface area contributed by atoms with Gasteiger partial charge in [-0.3, -0.25) is 20.2 Å². The van der Waals surface area contributed by atoms with Gasteiger partial charge in [-0.05, 0) is 44.1 Å². The quantitative estimate of drug-likeness (QED) is 0.0897. The van der Waals surface area contributed by atoms with Crippen molar-refractivity contribution in [3.63, 3.8) is 0 Å². The number of hydrogen-bond acceptors (Lipinski definition) is 6. The van der Waals surface area contributed by atoms with Gasteiger partial charge in [-0.1, -0.05) is 121 Å². The van der Waals surface area contributed by atoms with E-state index >= 15 is 0 Å². The van der Waals surface area contributed by atoms with Gasteiger partial charge in [-0.2, -0.15) is 0 Å². The van der Waals surface area contributed by atoms with Crippen LogP contribution < -0.4 is 9.64 Å². The van der Waals surface area contributed by atoms with Crippen LogP contribution >= 0.6 is 0 Å². The second-order valence-electron chi connectivity index (χ2n) is 13.1. The molecule has 0 amide bonds. The number of fused-ring (bicyclic) bond motifs is 2. The number of benzene rings is 2. The maximum absolute atomic E-state index is 12.0. The third kappa shape index (κ3) is 7.44. The lowest BCUT2D eigenvalue weighted by Crippen LogP contribution is -2.59. The molecule has 0 saturated carbocycles. The summed E-state index contributed by atoms with van der Waals surface area (Å²) >= 11 is 0.